The lowest BCUT2D eigenvalue weighted by molar-refractivity contribution is -0.449. The number of alkyl halides is 15. The minimum absolute atomic E-state index is 0.0796. The highest BCUT2D eigenvalue weighted by molar-refractivity contribution is 5.85. The van der Waals surface area contributed by atoms with Crippen molar-refractivity contribution in [3.63, 3.8) is 0 Å². The molecular formula is C23H21F15N2O2. The summed E-state index contributed by atoms with van der Waals surface area (Å²) in [5.41, 5.74) is 0.694. The normalized spacial score (nSPS) is 19.8. The SMILES string of the molecule is O=C(CCc1ccccc1)N[C@@H]1CCCC[C@H]1NC(=O)C(F)(F)C(F)(F)C(F)(F)C(F)(F)C(F)(F)C(F)(F)C(F)(F)F. The van der Waals surface area contributed by atoms with Crippen molar-refractivity contribution in [3.05, 3.63) is 35.9 Å². The fourth-order valence-electron chi connectivity index (χ4n) is 4.03. The summed E-state index contributed by atoms with van der Waals surface area (Å²) in [7, 11) is 0. The standard InChI is InChI=1S/C23H21F15N2O2/c24-17(25,18(26,27)19(28,29)20(30,31)21(32,33)22(34,35)23(36,37)38)16(42)40-14-9-5-4-8-13(14)39-15(41)11-10-12-6-2-1-3-7-12/h1-3,6-7,13-14H,4-5,8-11H2,(H,39,41)(H,40,42)/t13-,14-/m1/s1. The van der Waals surface area contributed by atoms with Crippen LogP contribution in [0.4, 0.5) is 65.9 Å². The Morgan fingerprint density at radius 1 is 0.619 bits per heavy atom. The number of carbonyl (C=O) groups is 2. The zero-order valence-corrected chi connectivity index (χ0v) is 20.8. The lowest BCUT2D eigenvalue weighted by atomic mass is 9.88. The van der Waals surface area contributed by atoms with Gasteiger partial charge in [-0.1, -0.05) is 43.2 Å². The van der Waals surface area contributed by atoms with Crippen LogP contribution in [0.3, 0.4) is 0 Å². The Bertz CT molecular complexity index is 1110. The molecule has 1 aliphatic rings. The number of aryl methyl sites for hydroxylation is 1. The van der Waals surface area contributed by atoms with E-state index in [9.17, 15) is 75.4 Å². The summed E-state index contributed by atoms with van der Waals surface area (Å²) in [5, 5.41) is 3.43. The molecule has 4 nitrogen and oxygen atoms in total. The number of amides is 2. The maximum atomic E-state index is 14.3. The largest absolute Gasteiger partial charge is 0.460 e. The van der Waals surface area contributed by atoms with Crippen molar-refractivity contribution in [2.24, 2.45) is 0 Å². The topological polar surface area (TPSA) is 58.2 Å². The van der Waals surface area contributed by atoms with Gasteiger partial charge in [0.2, 0.25) is 5.91 Å². The second-order valence-electron chi connectivity index (χ2n) is 9.47. The van der Waals surface area contributed by atoms with Crippen LogP contribution in [0.25, 0.3) is 0 Å². The number of carbonyl (C=O) groups excluding carboxylic acids is 2. The van der Waals surface area contributed by atoms with Crippen molar-refractivity contribution >= 4 is 11.8 Å². The van der Waals surface area contributed by atoms with Gasteiger partial charge in [0, 0.05) is 18.5 Å². The predicted molar refractivity (Wildman–Crippen MR) is 113 cm³/mol. The third-order valence-corrected chi connectivity index (χ3v) is 6.53. The van der Waals surface area contributed by atoms with Crippen molar-refractivity contribution < 1.29 is 75.4 Å². The smallest absolute Gasteiger partial charge is 0.351 e. The van der Waals surface area contributed by atoms with Crippen LogP contribution in [0.2, 0.25) is 0 Å². The zero-order chi connectivity index (χ0) is 32.6. The lowest BCUT2D eigenvalue weighted by Crippen LogP contribution is -2.74. The van der Waals surface area contributed by atoms with E-state index in [0.29, 0.717) is 5.56 Å². The molecular weight excluding hydrogens is 621 g/mol. The van der Waals surface area contributed by atoms with E-state index < -0.39 is 65.6 Å². The Morgan fingerprint density at radius 3 is 1.52 bits per heavy atom. The van der Waals surface area contributed by atoms with Crippen molar-refractivity contribution in [3.8, 4) is 0 Å². The van der Waals surface area contributed by atoms with Crippen LogP contribution in [-0.2, 0) is 16.0 Å². The first-order valence-corrected chi connectivity index (χ1v) is 11.8. The molecule has 2 atom stereocenters. The predicted octanol–water partition coefficient (Wildman–Crippen LogP) is 6.54. The summed E-state index contributed by atoms with van der Waals surface area (Å²) >= 11 is 0. The van der Waals surface area contributed by atoms with E-state index >= 15 is 0 Å². The van der Waals surface area contributed by atoms with Crippen LogP contribution < -0.4 is 10.6 Å². The Kier molecular flexibility index (Phi) is 9.80. The molecule has 0 saturated heterocycles. The van der Waals surface area contributed by atoms with E-state index in [0.717, 1.165) is 5.32 Å². The van der Waals surface area contributed by atoms with Gasteiger partial charge in [-0.25, -0.2) is 0 Å². The maximum Gasteiger partial charge on any atom is 0.460 e. The summed E-state index contributed by atoms with van der Waals surface area (Å²) in [5.74, 6) is -52.5. The lowest BCUT2D eigenvalue weighted by Gasteiger charge is -2.41. The Balaban J connectivity index is 2.26. The summed E-state index contributed by atoms with van der Waals surface area (Å²) < 4.78 is 201. The molecule has 1 aromatic rings. The molecule has 0 heterocycles. The number of hydrogen-bond acceptors (Lipinski definition) is 2. The molecule has 0 bridgehead atoms. The Hall–Kier alpha value is -2.89. The van der Waals surface area contributed by atoms with Crippen molar-refractivity contribution in [1.29, 1.82) is 0 Å². The zero-order valence-electron chi connectivity index (χ0n) is 20.8. The highest BCUT2D eigenvalue weighted by Gasteiger charge is 2.94. The van der Waals surface area contributed by atoms with Gasteiger partial charge in [0.15, 0.2) is 0 Å². The quantitative estimate of drug-likeness (QED) is 0.270. The summed E-state index contributed by atoms with van der Waals surface area (Å²) in [6, 6.07) is 5.29. The first kappa shape index (κ1) is 35.3. The molecule has 42 heavy (non-hydrogen) atoms. The Morgan fingerprint density at radius 2 is 1.05 bits per heavy atom. The van der Waals surface area contributed by atoms with E-state index in [2.05, 4.69) is 5.32 Å². The van der Waals surface area contributed by atoms with Crippen LogP contribution in [-0.4, -0.2) is 65.6 Å². The van der Waals surface area contributed by atoms with Gasteiger partial charge >= 0.3 is 41.7 Å². The number of hydrogen-bond donors (Lipinski definition) is 2. The Labute approximate surface area is 227 Å². The van der Waals surface area contributed by atoms with E-state index in [4.69, 9.17) is 0 Å². The van der Waals surface area contributed by atoms with Crippen molar-refractivity contribution in [1.82, 2.24) is 10.6 Å². The average Bonchev–Trinajstić information content (AvgIpc) is 2.87. The van der Waals surface area contributed by atoms with E-state index in [1.807, 2.05) is 0 Å². The molecule has 2 amide bonds. The molecule has 240 valence electrons. The molecule has 0 aromatic heterocycles. The first-order valence-electron chi connectivity index (χ1n) is 11.8. The van der Waals surface area contributed by atoms with Crippen LogP contribution in [0.15, 0.2) is 30.3 Å². The number of halogens is 15. The fourth-order valence-corrected chi connectivity index (χ4v) is 4.03. The second-order valence-corrected chi connectivity index (χ2v) is 9.47. The number of rotatable bonds is 11. The summed E-state index contributed by atoms with van der Waals surface area (Å²) in [6.07, 6.45) is -7.84. The third kappa shape index (κ3) is 6.09. The minimum atomic E-state index is -8.48. The van der Waals surface area contributed by atoms with Gasteiger partial charge in [0.05, 0.1) is 0 Å². The van der Waals surface area contributed by atoms with Gasteiger partial charge in [-0.2, -0.15) is 65.9 Å². The second kappa shape index (κ2) is 11.7. The summed E-state index contributed by atoms with van der Waals surface area (Å²) in [4.78, 5) is 24.2. The molecule has 1 aromatic carbocycles. The molecule has 0 radical (unpaired) electrons. The highest BCUT2D eigenvalue weighted by atomic mass is 19.4. The highest BCUT2D eigenvalue weighted by Crippen LogP contribution is 2.62. The van der Waals surface area contributed by atoms with Gasteiger partial charge in [0.1, 0.15) is 0 Å². The minimum Gasteiger partial charge on any atom is -0.351 e. The van der Waals surface area contributed by atoms with Gasteiger partial charge in [-0.15, -0.1) is 0 Å². The molecule has 1 saturated carbocycles. The van der Waals surface area contributed by atoms with Crippen LogP contribution in [0, 0.1) is 0 Å². The van der Waals surface area contributed by atoms with Crippen LogP contribution in [0.1, 0.15) is 37.7 Å². The average molecular weight is 642 g/mol. The molecule has 1 aliphatic carbocycles. The van der Waals surface area contributed by atoms with Gasteiger partial charge in [0.25, 0.3) is 5.91 Å². The van der Waals surface area contributed by atoms with E-state index in [1.54, 1.807) is 30.3 Å². The maximum absolute atomic E-state index is 14.3. The van der Waals surface area contributed by atoms with Crippen molar-refractivity contribution in [2.45, 2.75) is 92.3 Å². The van der Waals surface area contributed by atoms with Crippen LogP contribution in [0.5, 0.6) is 0 Å². The first-order chi connectivity index (χ1) is 18.9. The van der Waals surface area contributed by atoms with Crippen LogP contribution >= 0.6 is 0 Å². The molecule has 1 fully saturated rings. The molecule has 0 aliphatic heterocycles. The van der Waals surface area contributed by atoms with Crippen molar-refractivity contribution in [2.75, 3.05) is 0 Å². The van der Waals surface area contributed by atoms with Gasteiger partial charge in [-0.3, -0.25) is 9.59 Å². The molecule has 2 rings (SSSR count). The number of benzene rings is 1. The number of nitrogens with one attached hydrogen (secondary N) is 2. The molecule has 2 N–H and O–H groups in total. The van der Waals surface area contributed by atoms with Gasteiger partial charge < -0.3 is 10.6 Å². The molecule has 0 unspecified atom stereocenters. The monoisotopic (exact) mass is 642 g/mol. The van der Waals surface area contributed by atoms with Gasteiger partial charge in [-0.05, 0) is 24.8 Å². The molecule has 19 heteroatoms. The third-order valence-electron chi connectivity index (χ3n) is 6.53. The summed E-state index contributed by atoms with van der Waals surface area (Å²) in [6.45, 7) is 0. The molecule has 0 spiro atoms. The fraction of sp³-hybridized carbons (Fsp3) is 0.652. The van der Waals surface area contributed by atoms with E-state index in [-0.39, 0.29) is 38.5 Å². The van der Waals surface area contributed by atoms with E-state index in [1.165, 1.54) is 0 Å².